The average Bonchev–Trinajstić information content (AvgIpc) is 3.00. The smallest absolute Gasteiger partial charge is 0.191 e. The minimum absolute atomic E-state index is 0.668. The molecular weight excluding hydrogens is 442 g/mol. The van der Waals surface area contributed by atoms with Gasteiger partial charge in [-0.3, -0.25) is 0 Å². The third-order valence-electron chi connectivity index (χ3n) is 3.65. The number of benzene rings is 1. The number of aryl methyl sites for hydroxylation is 2. The van der Waals surface area contributed by atoms with Gasteiger partial charge < -0.3 is 4.57 Å². The zero-order chi connectivity index (χ0) is 19.2. The first-order chi connectivity index (χ1) is 13.0. The lowest BCUT2D eigenvalue weighted by Gasteiger charge is -2.08. The molecule has 0 saturated heterocycles. The van der Waals surface area contributed by atoms with Crippen LogP contribution in [-0.4, -0.2) is 24.7 Å². The molecule has 0 saturated carbocycles. The Kier molecular flexibility index (Phi) is 7.09. The lowest BCUT2D eigenvalue weighted by atomic mass is 10.2. The van der Waals surface area contributed by atoms with E-state index >= 15 is 0 Å². The van der Waals surface area contributed by atoms with Gasteiger partial charge in [-0.15, -0.1) is 16.8 Å². The van der Waals surface area contributed by atoms with Gasteiger partial charge >= 0.3 is 0 Å². The minimum atomic E-state index is 0.668. The quantitative estimate of drug-likeness (QED) is 0.260. The minimum Gasteiger partial charge on any atom is -0.301 e. The molecule has 8 heteroatoms. The molecular formula is C19H20BrN5S2. The molecule has 0 spiro atoms. The van der Waals surface area contributed by atoms with Crippen LogP contribution in [0, 0.1) is 13.8 Å². The summed E-state index contributed by atoms with van der Waals surface area (Å²) in [5.41, 5.74) is 3.19. The zero-order valence-electron chi connectivity index (χ0n) is 15.2. The van der Waals surface area contributed by atoms with E-state index in [-0.39, 0.29) is 0 Å². The molecule has 0 N–H and O–H groups in total. The lowest BCUT2D eigenvalue weighted by molar-refractivity contribution is 0.700. The molecule has 2 aromatic heterocycles. The van der Waals surface area contributed by atoms with Gasteiger partial charge in [0.25, 0.3) is 0 Å². The first-order valence-electron chi connectivity index (χ1n) is 8.40. The van der Waals surface area contributed by atoms with Crippen molar-refractivity contribution in [2.75, 3.05) is 0 Å². The summed E-state index contributed by atoms with van der Waals surface area (Å²) in [5.74, 6) is 2.41. The molecule has 0 amide bonds. The van der Waals surface area contributed by atoms with Crippen molar-refractivity contribution in [1.82, 2.24) is 24.7 Å². The third-order valence-corrected chi connectivity index (χ3v) is 6.03. The number of hydrogen-bond donors (Lipinski definition) is 0. The second kappa shape index (κ2) is 9.52. The maximum absolute atomic E-state index is 4.48. The highest BCUT2D eigenvalue weighted by molar-refractivity contribution is 9.10. The van der Waals surface area contributed by atoms with Gasteiger partial charge in [-0.25, -0.2) is 9.97 Å². The zero-order valence-corrected chi connectivity index (χ0v) is 18.4. The van der Waals surface area contributed by atoms with Crippen LogP contribution in [0.5, 0.6) is 0 Å². The number of thioether (sulfide) groups is 2. The number of nitrogens with zero attached hydrogens (tertiary/aromatic N) is 5. The molecule has 0 aliphatic heterocycles. The molecule has 5 nitrogen and oxygen atoms in total. The van der Waals surface area contributed by atoms with E-state index in [2.05, 4.69) is 59.4 Å². The third kappa shape index (κ3) is 5.67. The fraction of sp³-hybridized carbons (Fsp3) is 0.263. The predicted octanol–water partition coefficient (Wildman–Crippen LogP) is 5.22. The highest BCUT2D eigenvalue weighted by Gasteiger charge is 2.13. The maximum atomic E-state index is 4.48. The summed E-state index contributed by atoms with van der Waals surface area (Å²) in [6.45, 7) is 8.51. The number of aromatic nitrogens is 5. The molecule has 0 fully saturated rings. The van der Waals surface area contributed by atoms with E-state index in [1.807, 2.05) is 38.1 Å². The van der Waals surface area contributed by atoms with Crippen molar-refractivity contribution < 1.29 is 0 Å². The molecule has 140 valence electrons. The normalized spacial score (nSPS) is 10.9. The number of rotatable bonds is 8. The van der Waals surface area contributed by atoms with Crippen molar-refractivity contribution in [2.24, 2.45) is 0 Å². The van der Waals surface area contributed by atoms with Gasteiger partial charge in [0.05, 0.1) is 5.75 Å². The van der Waals surface area contributed by atoms with Crippen LogP contribution in [0.15, 0.2) is 57.8 Å². The van der Waals surface area contributed by atoms with E-state index < -0.39 is 0 Å². The highest BCUT2D eigenvalue weighted by Crippen LogP contribution is 2.26. The van der Waals surface area contributed by atoms with Crippen LogP contribution >= 0.6 is 39.5 Å². The molecule has 2 heterocycles. The SMILES string of the molecule is C=CCn1c(CSc2nc(C)cc(C)n2)nnc1SCc1cccc(Br)c1. The molecule has 1 aromatic carbocycles. The van der Waals surface area contributed by atoms with E-state index in [4.69, 9.17) is 0 Å². The van der Waals surface area contributed by atoms with Crippen LogP contribution in [-0.2, 0) is 18.1 Å². The molecule has 0 aliphatic rings. The van der Waals surface area contributed by atoms with Gasteiger partial charge in [-0.05, 0) is 37.6 Å². The summed E-state index contributed by atoms with van der Waals surface area (Å²) in [4.78, 5) is 8.96. The second-order valence-electron chi connectivity index (χ2n) is 5.94. The lowest BCUT2D eigenvalue weighted by Crippen LogP contribution is -2.03. The van der Waals surface area contributed by atoms with Crippen LogP contribution in [0.2, 0.25) is 0 Å². The number of halogens is 1. The van der Waals surface area contributed by atoms with Gasteiger partial charge in [0.15, 0.2) is 10.3 Å². The van der Waals surface area contributed by atoms with Crippen molar-refractivity contribution in [1.29, 1.82) is 0 Å². The molecule has 0 unspecified atom stereocenters. The first kappa shape index (κ1) is 20.1. The summed E-state index contributed by atoms with van der Waals surface area (Å²) < 4.78 is 3.18. The molecule has 0 atom stereocenters. The number of allylic oxidation sites excluding steroid dienone is 1. The Morgan fingerprint density at radius 2 is 1.85 bits per heavy atom. The van der Waals surface area contributed by atoms with Gasteiger partial charge in [-0.1, -0.05) is 57.7 Å². The van der Waals surface area contributed by atoms with Gasteiger partial charge in [0.1, 0.15) is 5.82 Å². The van der Waals surface area contributed by atoms with Crippen molar-refractivity contribution >= 4 is 39.5 Å². The predicted molar refractivity (Wildman–Crippen MR) is 115 cm³/mol. The van der Waals surface area contributed by atoms with E-state index in [0.717, 1.165) is 37.8 Å². The fourth-order valence-electron chi connectivity index (χ4n) is 2.51. The Balaban J connectivity index is 1.71. The van der Waals surface area contributed by atoms with E-state index in [0.29, 0.717) is 12.3 Å². The largest absolute Gasteiger partial charge is 0.301 e. The van der Waals surface area contributed by atoms with Gasteiger partial charge in [-0.2, -0.15) is 0 Å². The van der Waals surface area contributed by atoms with Crippen molar-refractivity contribution in [3.8, 4) is 0 Å². The highest BCUT2D eigenvalue weighted by atomic mass is 79.9. The Morgan fingerprint density at radius 3 is 2.56 bits per heavy atom. The summed E-state index contributed by atoms with van der Waals surface area (Å²) in [6.07, 6.45) is 1.87. The van der Waals surface area contributed by atoms with Crippen LogP contribution < -0.4 is 0 Å². The van der Waals surface area contributed by atoms with Gasteiger partial charge in [0.2, 0.25) is 0 Å². The number of hydrogen-bond acceptors (Lipinski definition) is 6. The topological polar surface area (TPSA) is 56.5 Å². The van der Waals surface area contributed by atoms with Crippen LogP contribution in [0.25, 0.3) is 0 Å². The van der Waals surface area contributed by atoms with E-state index in [9.17, 15) is 0 Å². The van der Waals surface area contributed by atoms with E-state index in [1.54, 1.807) is 23.5 Å². The summed E-state index contributed by atoms with van der Waals surface area (Å²) in [7, 11) is 0. The molecule has 3 rings (SSSR count). The summed E-state index contributed by atoms with van der Waals surface area (Å²) >= 11 is 6.77. The first-order valence-corrected chi connectivity index (χ1v) is 11.2. The maximum Gasteiger partial charge on any atom is 0.191 e. The molecule has 27 heavy (non-hydrogen) atoms. The second-order valence-corrected chi connectivity index (χ2v) is 8.74. The van der Waals surface area contributed by atoms with Crippen molar-refractivity contribution in [2.45, 2.75) is 42.2 Å². The summed E-state index contributed by atoms with van der Waals surface area (Å²) in [5, 5.41) is 10.4. The fourth-order valence-corrected chi connectivity index (χ4v) is 4.75. The monoisotopic (exact) mass is 461 g/mol. The Morgan fingerprint density at radius 1 is 1.07 bits per heavy atom. The van der Waals surface area contributed by atoms with Crippen LogP contribution in [0.4, 0.5) is 0 Å². The molecule has 0 bridgehead atoms. The van der Waals surface area contributed by atoms with Crippen molar-refractivity contribution in [3.05, 3.63) is 70.2 Å². The summed E-state index contributed by atoms with van der Waals surface area (Å²) in [6, 6.07) is 10.3. The molecule has 3 aromatic rings. The average molecular weight is 462 g/mol. The Hall–Kier alpha value is -1.64. The van der Waals surface area contributed by atoms with Crippen molar-refractivity contribution in [3.63, 3.8) is 0 Å². The molecule has 0 aliphatic carbocycles. The van der Waals surface area contributed by atoms with Crippen LogP contribution in [0.1, 0.15) is 22.8 Å². The Labute approximate surface area is 176 Å². The molecule has 0 radical (unpaired) electrons. The van der Waals surface area contributed by atoms with Crippen LogP contribution in [0.3, 0.4) is 0 Å². The standard InChI is InChI=1S/C19H20BrN5S2/c1-4-8-25-17(12-26-18-21-13(2)9-14(3)22-18)23-24-19(25)27-11-15-6-5-7-16(20)10-15/h4-7,9-10H,1,8,11-12H2,2-3H3. The van der Waals surface area contributed by atoms with E-state index in [1.165, 1.54) is 5.56 Å². The Bertz CT molecular complexity index is 921. The van der Waals surface area contributed by atoms with Gasteiger partial charge in [0, 0.05) is 28.2 Å².